The van der Waals surface area contributed by atoms with Crippen LogP contribution in [-0.2, 0) is 6.61 Å². The van der Waals surface area contributed by atoms with Gasteiger partial charge < -0.3 is 9.15 Å². The number of benzene rings is 4. The topological polar surface area (TPSA) is 69.6 Å². The van der Waals surface area contributed by atoms with E-state index in [1.807, 2.05) is 60.7 Å². The van der Waals surface area contributed by atoms with E-state index in [2.05, 4.69) is 91.3 Å². The molecule has 0 amide bonds. The van der Waals surface area contributed by atoms with Gasteiger partial charge in [-0.15, -0.1) is 0 Å². The molecule has 6 aromatic rings. The van der Waals surface area contributed by atoms with Crippen molar-refractivity contribution in [2.24, 2.45) is 5.10 Å². The van der Waals surface area contributed by atoms with Crippen LogP contribution in [0, 0.1) is 14.1 Å². The molecule has 0 radical (unpaired) electrons. The number of hydrogen-bond acceptors (Lipinski definition) is 5. The molecule has 0 atom stereocenters. The molecule has 2 aromatic heterocycles. The molecule has 40 heavy (non-hydrogen) atoms. The molecule has 0 unspecified atom stereocenters. The van der Waals surface area contributed by atoms with Crippen molar-refractivity contribution in [1.29, 1.82) is 0 Å². The second-order valence-electron chi connectivity index (χ2n) is 9.20. The average molecular weight is 816 g/mol. The maximum Gasteiger partial charge on any atom is 0.282 e. The molecule has 2 heterocycles. The normalized spacial score (nSPS) is 11.6. The molecule has 0 saturated carbocycles. The Balaban J connectivity index is 1.38. The van der Waals surface area contributed by atoms with Gasteiger partial charge >= 0.3 is 0 Å². The van der Waals surface area contributed by atoms with Gasteiger partial charge in [-0.1, -0.05) is 57.9 Å². The standard InChI is InChI=1S/C31H20BrI2N3O3/c1-18-5-4-6-19(11-18)17-39-29-24(33)12-20(13-25(29)34)16-35-37-30(36-26-8-3-2-7-23(26)31(37)38)28-15-21-14-22(32)9-10-27(21)40-28/h2-16H,17H2,1H3. The predicted octanol–water partition coefficient (Wildman–Crippen LogP) is 8.55. The number of aromatic nitrogens is 2. The summed E-state index contributed by atoms with van der Waals surface area (Å²) in [5.41, 5.74) is 4.14. The number of ether oxygens (including phenoxy) is 1. The highest BCUT2D eigenvalue weighted by molar-refractivity contribution is 14.1. The van der Waals surface area contributed by atoms with Gasteiger partial charge in [-0.05, 0) is 112 Å². The smallest absolute Gasteiger partial charge is 0.282 e. The second kappa shape index (κ2) is 11.5. The van der Waals surface area contributed by atoms with E-state index in [1.54, 1.807) is 12.3 Å². The van der Waals surface area contributed by atoms with E-state index in [0.717, 1.165) is 33.9 Å². The molecule has 0 bridgehead atoms. The molecule has 0 fully saturated rings. The van der Waals surface area contributed by atoms with Gasteiger partial charge in [0.05, 0.1) is 24.3 Å². The molecule has 6 nitrogen and oxygen atoms in total. The number of furan rings is 1. The number of fused-ring (bicyclic) bond motifs is 2. The molecule has 0 N–H and O–H groups in total. The third-order valence-corrected chi connectivity index (χ3v) is 8.36. The van der Waals surface area contributed by atoms with Crippen LogP contribution in [-0.4, -0.2) is 15.9 Å². The van der Waals surface area contributed by atoms with Gasteiger partial charge in [0.2, 0.25) is 5.82 Å². The van der Waals surface area contributed by atoms with Crippen molar-refractivity contribution in [3.05, 3.63) is 124 Å². The first kappa shape index (κ1) is 27.2. The summed E-state index contributed by atoms with van der Waals surface area (Å²) in [6.45, 7) is 2.55. The van der Waals surface area contributed by atoms with Crippen molar-refractivity contribution in [2.45, 2.75) is 13.5 Å². The van der Waals surface area contributed by atoms with Crippen molar-refractivity contribution in [2.75, 3.05) is 0 Å². The Morgan fingerprint density at radius 2 is 1.80 bits per heavy atom. The Bertz CT molecular complexity index is 1980. The molecule has 4 aromatic carbocycles. The van der Waals surface area contributed by atoms with E-state index < -0.39 is 0 Å². The number of rotatable bonds is 6. The van der Waals surface area contributed by atoms with Gasteiger partial charge in [0.1, 0.15) is 17.9 Å². The Labute approximate surface area is 265 Å². The molecule has 0 aliphatic heterocycles. The summed E-state index contributed by atoms with van der Waals surface area (Å²) < 4.78 is 16.4. The van der Waals surface area contributed by atoms with Crippen molar-refractivity contribution in [3.63, 3.8) is 0 Å². The van der Waals surface area contributed by atoms with Crippen LogP contribution in [0.5, 0.6) is 5.75 Å². The summed E-state index contributed by atoms with van der Waals surface area (Å²) in [7, 11) is 0. The lowest BCUT2D eigenvalue weighted by molar-refractivity contribution is 0.301. The van der Waals surface area contributed by atoms with Crippen molar-refractivity contribution in [1.82, 2.24) is 9.66 Å². The molecule has 0 saturated heterocycles. The van der Waals surface area contributed by atoms with E-state index in [4.69, 9.17) is 14.1 Å². The van der Waals surface area contributed by atoms with Crippen LogP contribution in [0.15, 0.2) is 104 Å². The van der Waals surface area contributed by atoms with Crippen LogP contribution in [0.4, 0.5) is 0 Å². The summed E-state index contributed by atoms with van der Waals surface area (Å²) in [6.07, 6.45) is 1.66. The number of aryl methyl sites for hydroxylation is 1. The van der Waals surface area contributed by atoms with Crippen molar-refractivity contribution in [3.8, 4) is 17.3 Å². The summed E-state index contributed by atoms with van der Waals surface area (Å²) >= 11 is 8.04. The van der Waals surface area contributed by atoms with Crippen LogP contribution in [0.1, 0.15) is 16.7 Å². The highest BCUT2D eigenvalue weighted by Crippen LogP contribution is 2.31. The Hall–Kier alpha value is -3.03. The van der Waals surface area contributed by atoms with E-state index in [1.165, 1.54) is 10.2 Å². The SMILES string of the molecule is Cc1cccc(COc2c(I)cc(C=Nn3c(-c4cc5cc(Br)ccc5o4)nc4ccccc4c3=O)cc2I)c1. The maximum atomic E-state index is 13.6. The summed E-state index contributed by atoms with van der Waals surface area (Å²) in [6, 6.07) is 27.1. The molecule has 0 aliphatic carbocycles. The molecule has 9 heteroatoms. The first-order chi connectivity index (χ1) is 19.4. The van der Waals surface area contributed by atoms with Crippen molar-refractivity contribution >= 4 is 89.2 Å². The highest BCUT2D eigenvalue weighted by atomic mass is 127. The molecule has 0 spiro atoms. The fourth-order valence-electron chi connectivity index (χ4n) is 4.39. The summed E-state index contributed by atoms with van der Waals surface area (Å²) in [5, 5.41) is 5.98. The lowest BCUT2D eigenvalue weighted by atomic mass is 10.1. The van der Waals surface area contributed by atoms with Crippen LogP contribution < -0.4 is 10.3 Å². The minimum atomic E-state index is -0.277. The van der Waals surface area contributed by atoms with E-state index in [0.29, 0.717) is 34.7 Å². The largest absolute Gasteiger partial charge is 0.487 e. The summed E-state index contributed by atoms with van der Waals surface area (Å²) in [4.78, 5) is 18.3. The number of para-hydroxylation sites is 1. The summed E-state index contributed by atoms with van der Waals surface area (Å²) in [5.74, 6) is 1.60. The van der Waals surface area contributed by atoms with Gasteiger partial charge in [0.25, 0.3) is 5.56 Å². The maximum absolute atomic E-state index is 13.6. The third-order valence-electron chi connectivity index (χ3n) is 6.26. The van der Waals surface area contributed by atoms with Crippen molar-refractivity contribution < 1.29 is 9.15 Å². The fraction of sp³-hybridized carbons (Fsp3) is 0.0645. The minimum absolute atomic E-state index is 0.277. The van der Waals surface area contributed by atoms with Gasteiger partial charge in [-0.3, -0.25) is 4.79 Å². The number of nitrogens with zero attached hydrogens (tertiary/aromatic N) is 3. The quantitative estimate of drug-likeness (QED) is 0.125. The Morgan fingerprint density at radius 1 is 1.00 bits per heavy atom. The molecular formula is C31H20BrI2N3O3. The van der Waals surface area contributed by atoms with E-state index >= 15 is 0 Å². The number of halogens is 3. The van der Waals surface area contributed by atoms with E-state index in [-0.39, 0.29) is 5.56 Å². The zero-order chi connectivity index (χ0) is 27.8. The van der Waals surface area contributed by atoms with Gasteiger partial charge in [0.15, 0.2) is 5.76 Å². The van der Waals surface area contributed by atoms with Gasteiger partial charge in [-0.2, -0.15) is 9.78 Å². The van der Waals surface area contributed by atoms with Crippen LogP contribution in [0.25, 0.3) is 33.5 Å². The minimum Gasteiger partial charge on any atom is -0.487 e. The highest BCUT2D eigenvalue weighted by Gasteiger charge is 2.17. The number of hydrogen-bond donors (Lipinski definition) is 0. The van der Waals surface area contributed by atoms with Crippen LogP contribution in [0.2, 0.25) is 0 Å². The Morgan fingerprint density at radius 3 is 2.60 bits per heavy atom. The molecule has 0 aliphatic rings. The third kappa shape index (κ3) is 5.59. The zero-order valence-corrected chi connectivity index (χ0v) is 27.0. The lowest BCUT2D eigenvalue weighted by Gasteiger charge is -2.12. The second-order valence-corrected chi connectivity index (χ2v) is 12.4. The monoisotopic (exact) mass is 815 g/mol. The van der Waals surface area contributed by atoms with Gasteiger partial charge in [-0.25, -0.2) is 4.98 Å². The Kier molecular flexibility index (Phi) is 7.78. The van der Waals surface area contributed by atoms with Gasteiger partial charge in [0, 0.05) is 9.86 Å². The zero-order valence-electron chi connectivity index (χ0n) is 21.1. The fourth-order valence-corrected chi connectivity index (χ4v) is 6.89. The lowest BCUT2D eigenvalue weighted by Crippen LogP contribution is -2.20. The molecule has 198 valence electrons. The van der Waals surface area contributed by atoms with Crippen LogP contribution in [0.3, 0.4) is 0 Å². The first-order valence-corrected chi connectivity index (χ1v) is 15.2. The average Bonchev–Trinajstić information content (AvgIpc) is 3.35. The van der Waals surface area contributed by atoms with Crippen LogP contribution >= 0.6 is 61.1 Å². The first-order valence-electron chi connectivity index (χ1n) is 12.3. The van der Waals surface area contributed by atoms with E-state index in [9.17, 15) is 4.79 Å². The molecule has 6 rings (SSSR count). The predicted molar refractivity (Wildman–Crippen MR) is 179 cm³/mol. The molecular weight excluding hydrogens is 796 g/mol.